The van der Waals surface area contributed by atoms with Gasteiger partial charge in [-0.15, -0.1) is 0 Å². The Kier molecular flexibility index (Phi) is 5.33. The Morgan fingerprint density at radius 1 is 1.32 bits per heavy atom. The molecule has 1 N–H and O–H groups in total. The second-order valence-corrected chi connectivity index (χ2v) is 9.00. The summed E-state index contributed by atoms with van der Waals surface area (Å²) < 4.78 is 32.0. The average Bonchev–Trinajstić information content (AvgIpc) is 3.25. The summed E-state index contributed by atoms with van der Waals surface area (Å²) in [5, 5.41) is 0. The van der Waals surface area contributed by atoms with Crippen LogP contribution in [0.5, 0.6) is 0 Å². The quantitative estimate of drug-likeness (QED) is 0.712. The molecule has 136 valence electrons. The zero-order valence-corrected chi connectivity index (χ0v) is 15.9. The fraction of sp³-hybridized carbons (Fsp3) is 0.500. The van der Waals surface area contributed by atoms with Gasteiger partial charge in [0.25, 0.3) is 0 Å². The maximum atomic E-state index is 12.2. The van der Waals surface area contributed by atoms with E-state index in [4.69, 9.17) is 4.74 Å². The number of nitrogens with zero attached hydrogens (tertiary/aromatic N) is 1. The first kappa shape index (κ1) is 18.2. The van der Waals surface area contributed by atoms with Crippen LogP contribution in [0.1, 0.15) is 24.3 Å². The summed E-state index contributed by atoms with van der Waals surface area (Å²) in [5.41, 5.74) is 1.04. The Bertz CT molecular complexity index is 765. The molecule has 0 spiro atoms. The lowest BCUT2D eigenvalue weighted by Gasteiger charge is -2.12. The molecule has 1 aliphatic heterocycles. The first-order chi connectivity index (χ1) is 11.9. The molecular weight excluding hydrogens is 412 g/mol. The molecule has 1 saturated carbocycles. The first-order valence-corrected chi connectivity index (χ1v) is 10.5. The molecule has 1 saturated heterocycles. The Labute approximate surface area is 154 Å². The molecule has 1 aromatic carbocycles. The zero-order chi connectivity index (χ0) is 18.0. The molecule has 0 radical (unpaired) electrons. The predicted octanol–water partition coefficient (Wildman–Crippen LogP) is 1.84. The zero-order valence-electron chi connectivity index (χ0n) is 13.5. The van der Waals surface area contributed by atoms with Crippen molar-refractivity contribution in [2.24, 2.45) is 5.92 Å². The van der Waals surface area contributed by atoms with E-state index >= 15 is 0 Å². The third kappa shape index (κ3) is 4.72. The predicted molar refractivity (Wildman–Crippen MR) is 94.5 cm³/mol. The van der Waals surface area contributed by atoms with Gasteiger partial charge < -0.3 is 9.64 Å². The molecule has 9 heteroatoms. The molecule has 25 heavy (non-hydrogen) atoms. The lowest BCUT2D eigenvalue weighted by Crippen LogP contribution is -2.35. The number of benzene rings is 1. The van der Waals surface area contributed by atoms with Crippen LogP contribution in [-0.4, -0.2) is 50.8 Å². The van der Waals surface area contributed by atoms with E-state index in [1.807, 2.05) is 24.3 Å². The van der Waals surface area contributed by atoms with Crippen LogP contribution in [0.15, 0.2) is 28.7 Å². The monoisotopic (exact) mass is 430 g/mol. The highest BCUT2D eigenvalue weighted by Crippen LogP contribution is 2.47. The minimum Gasteiger partial charge on any atom is -0.448 e. The minimum atomic E-state index is -3.69. The molecular formula is C16H19BrN2O5S. The van der Waals surface area contributed by atoms with E-state index in [2.05, 4.69) is 20.7 Å². The number of ether oxygens (including phenoxy) is 1. The third-order valence-corrected chi connectivity index (χ3v) is 6.23. The van der Waals surface area contributed by atoms with Crippen molar-refractivity contribution >= 4 is 38.0 Å². The second kappa shape index (κ2) is 7.33. The summed E-state index contributed by atoms with van der Waals surface area (Å²) in [6, 6.07) is 7.68. The number of rotatable bonds is 7. The van der Waals surface area contributed by atoms with E-state index in [1.165, 1.54) is 4.90 Å². The van der Waals surface area contributed by atoms with Gasteiger partial charge in [-0.05, 0) is 36.5 Å². The third-order valence-electron chi connectivity index (χ3n) is 4.37. The number of amides is 2. The van der Waals surface area contributed by atoms with Crippen LogP contribution in [0.3, 0.4) is 0 Å². The summed E-state index contributed by atoms with van der Waals surface area (Å²) in [5.74, 6) is -0.876. The van der Waals surface area contributed by atoms with Crippen molar-refractivity contribution < 1.29 is 22.7 Å². The number of cyclic esters (lactones) is 1. The lowest BCUT2D eigenvalue weighted by molar-refractivity contribution is -0.120. The summed E-state index contributed by atoms with van der Waals surface area (Å²) in [4.78, 5) is 24.9. The Balaban J connectivity index is 1.45. The first-order valence-electron chi connectivity index (χ1n) is 8.07. The molecule has 7 nitrogen and oxygen atoms in total. The molecule has 3 rings (SSSR count). The summed E-state index contributed by atoms with van der Waals surface area (Å²) >= 11 is 3.36. The van der Waals surface area contributed by atoms with Crippen molar-refractivity contribution in [1.29, 1.82) is 0 Å². The topological polar surface area (TPSA) is 92.8 Å². The average molecular weight is 431 g/mol. The van der Waals surface area contributed by atoms with Gasteiger partial charge in [0, 0.05) is 16.9 Å². The van der Waals surface area contributed by atoms with Gasteiger partial charge in [-0.1, -0.05) is 28.1 Å². The van der Waals surface area contributed by atoms with E-state index in [0.717, 1.165) is 10.0 Å². The standard InChI is InChI=1S/C16H19BrN2O5S/c17-12-4-2-11(3-5-12)13-10-14(13)15(20)18-25(22,23)9-1-6-19-7-8-24-16(19)21/h2-5,13-14H,1,6-10H2,(H,18,20)/t13-,14+/m0/s1. The van der Waals surface area contributed by atoms with E-state index in [0.29, 0.717) is 26.1 Å². The number of nitrogens with one attached hydrogen (secondary N) is 1. The Morgan fingerprint density at radius 3 is 2.68 bits per heavy atom. The lowest BCUT2D eigenvalue weighted by atomic mass is 10.1. The van der Waals surface area contributed by atoms with Gasteiger partial charge in [-0.25, -0.2) is 13.2 Å². The van der Waals surface area contributed by atoms with Gasteiger partial charge in [0.05, 0.1) is 12.3 Å². The van der Waals surface area contributed by atoms with Gasteiger partial charge >= 0.3 is 6.09 Å². The van der Waals surface area contributed by atoms with Crippen LogP contribution in [0.2, 0.25) is 0 Å². The molecule has 2 aliphatic rings. The fourth-order valence-corrected chi connectivity index (χ4v) is 4.25. The van der Waals surface area contributed by atoms with Crippen molar-refractivity contribution in [3.05, 3.63) is 34.3 Å². The van der Waals surface area contributed by atoms with Crippen molar-refractivity contribution in [1.82, 2.24) is 9.62 Å². The van der Waals surface area contributed by atoms with Crippen molar-refractivity contribution in [2.75, 3.05) is 25.4 Å². The summed E-state index contributed by atoms with van der Waals surface area (Å²) in [7, 11) is -3.69. The number of sulfonamides is 1. The van der Waals surface area contributed by atoms with E-state index in [9.17, 15) is 18.0 Å². The molecule has 0 aromatic heterocycles. The van der Waals surface area contributed by atoms with Gasteiger partial charge in [0.1, 0.15) is 6.61 Å². The maximum absolute atomic E-state index is 12.2. The van der Waals surface area contributed by atoms with E-state index in [1.54, 1.807) is 0 Å². The summed E-state index contributed by atoms with van der Waals surface area (Å²) in [6.45, 7) is 1.11. The number of carbonyl (C=O) groups excluding carboxylic acids is 2. The highest BCUT2D eigenvalue weighted by atomic mass is 79.9. The molecule has 1 heterocycles. The van der Waals surface area contributed by atoms with Gasteiger partial charge in [-0.3, -0.25) is 9.52 Å². The molecule has 2 atom stereocenters. The Hall–Kier alpha value is -1.61. The van der Waals surface area contributed by atoms with Crippen molar-refractivity contribution in [2.45, 2.75) is 18.8 Å². The Morgan fingerprint density at radius 2 is 2.04 bits per heavy atom. The number of carbonyl (C=O) groups is 2. The largest absolute Gasteiger partial charge is 0.448 e. The number of hydrogen-bond donors (Lipinski definition) is 1. The molecule has 2 amide bonds. The van der Waals surface area contributed by atoms with Gasteiger partial charge in [-0.2, -0.15) is 0 Å². The second-order valence-electron chi connectivity index (χ2n) is 6.24. The normalized spacial score (nSPS) is 22.6. The van der Waals surface area contributed by atoms with Crippen molar-refractivity contribution in [3.8, 4) is 0 Å². The van der Waals surface area contributed by atoms with Gasteiger partial charge in [0.2, 0.25) is 15.9 Å². The SMILES string of the molecule is O=C(NS(=O)(=O)CCCN1CCOC1=O)[C@@H]1C[C@H]1c1ccc(Br)cc1. The molecule has 1 aromatic rings. The number of hydrogen-bond acceptors (Lipinski definition) is 5. The van der Waals surface area contributed by atoms with Crippen LogP contribution < -0.4 is 4.72 Å². The molecule has 1 aliphatic carbocycles. The minimum absolute atomic E-state index is 0.0719. The highest BCUT2D eigenvalue weighted by molar-refractivity contribution is 9.10. The summed E-state index contributed by atoms with van der Waals surface area (Å²) in [6.07, 6.45) is 0.498. The van der Waals surface area contributed by atoms with Crippen LogP contribution in [0.4, 0.5) is 4.79 Å². The van der Waals surface area contributed by atoms with Crippen LogP contribution in [0, 0.1) is 5.92 Å². The molecule has 0 bridgehead atoms. The molecule has 0 unspecified atom stereocenters. The van der Waals surface area contributed by atoms with Crippen LogP contribution >= 0.6 is 15.9 Å². The van der Waals surface area contributed by atoms with Crippen LogP contribution in [-0.2, 0) is 19.6 Å². The van der Waals surface area contributed by atoms with E-state index in [-0.39, 0.29) is 24.0 Å². The van der Waals surface area contributed by atoms with E-state index < -0.39 is 22.0 Å². The molecule has 2 fully saturated rings. The smallest absolute Gasteiger partial charge is 0.409 e. The number of halogens is 1. The van der Waals surface area contributed by atoms with Crippen LogP contribution in [0.25, 0.3) is 0 Å². The highest BCUT2D eigenvalue weighted by Gasteiger charge is 2.44. The van der Waals surface area contributed by atoms with Crippen molar-refractivity contribution in [3.63, 3.8) is 0 Å². The maximum Gasteiger partial charge on any atom is 0.409 e. The van der Waals surface area contributed by atoms with Gasteiger partial charge in [0.15, 0.2) is 0 Å². The fourth-order valence-electron chi connectivity index (χ4n) is 2.92.